The van der Waals surface area contributed by atoms with Gasteiger partial charge in [0, 0.05) is 11.2 Å². The summed E-state index contributed by atoms with van der Waals surface area (Å²) in [6.45, 7) is 0.410. The fraction of sp³-hybridized carbons (Fsp3) is 0.0909. The van der Waals surface area contributed by atoms with Gasteiger partial charge in [-0.05, 0) is 18.2 Å². The van der Waals surface area contributed by atoms with Crippen molar-refractivity contribution < 1.29 is 9.53 Å². The second-order valence-electron chi connectivity index (χ2n) is 3.06. The highest BCUT2D eigenvalue weighted by atomic mass is 35.5. The van der Waals surface area contributed by atoms with E-state index in [0.717, 1.165) is 11.2 Å². The summed E-state index contributed by atoms with van der Waals surface area (Å²) in [5.74, 6) is 0.535. The van der Waals surface area contributed by atoms with Gasteiger partial charge in [-0.15, -0.1) is 11.3 Å². The zero-order chi connectivity index (χ0) is 11.4. The normalized spacial score (nSPS) is 10.1. The van der Waals surface area contributed by atoms with Gasteiger partial charge in [0.15, 0.2) is 6.29 Å². The fourth-order valence-corrected chi connectivity index (χ4v) is 1.89. The minimum absolute atomic E-state index is 0.410. The van der Waals surface area contributed by atoms with Crippen LogP contribution in [0.4, 0.5) is 0 Å². The zero-order valence-electron chi connectivity index (χ0n) is 8.22. The molecule has 5 heteroatoms. The molecule has 0 radical (unpaired) electrons. The average molecular weight is 254 g/mol. The first kappa shape index (κ1) is 11.1. The third-order valence-electron chi connectivity index (χ3n) is 1.95. The topological polar surface area (TPSA) is 39.2 Å². The predicted octanol–water partition coefficient (Wildman–Crippen LogP) is 3.19. The molecule has 0 atom stereocenters. The summed E-state index contributed by atoms with van der Waals surface area (Å²) in [4.78, 5) is 15.7. The molecule has 0 aliphatic heterocycles. The maximum Gasteiger partial charge on any atom is 0.153 e. The molecule has 1 aromatic heterocycles. The number of thiazole rings is 1. The van der Waals surface area contributed by atoms with Crippen LogP contribution in [-0.2, 0) is 6.61 Å². The van der Waals surface area contributed by atoms with Gasteiger partial charge in [0.05, 0.1) is 16.0 Å². The molecule has 0 bridgehead atoms. The van der Waals surface area contributed by atoms with Crippen LogP contribution in [0, 0.1) is 0 Å². The van der Waals surface area contributed by atoms with Crippen molar-refractivity contribution in [2.24, 2.45) is 0 Å². The van der Waals surface area contributed by atoms with E-state index in [0.29, 0.717) is 22.9 Å². The van der Waals surface area contributed by atoms with E-state index in [2.05, 4.69) is 4.98 Å². The van der Waals surface area contributed by atoms with Crippen molar-refractivity contribution >= 4 is 29.2 Å². The van der Waals surface area contributed by atoms with Gasteiger partial charge < -0.3 is 4.74 Å². The molecule has 82 valence electrons. The van der Waals surface area contributed by atoms with Gasteiger partial charge in [-0.2, -0.15) is 0 Å². The first-order chi connectivity index (χ1) is 7.79. The molecular weight excluding hydrogens is 246 g/mol. The van der Waals surface area contributed by atoms with Gasteiger partial charge in [0.2, 0.25) is 0 Å². The first-order valence-electron chi connectivity index (χ1n) is 4.54. The van der Waals surface area contributed by atoms with Crippen molar-refractivity contribution in [3.05, 3.63) is 45.4 Å². The summed E-state index contributed by atoms with van der Waals surface area (Å²) in [6.07, 6.45) is 2.47. The van der Waals surface area contributed by atoms with Crippen molar-refractivity contribution in [1.29, 1.82) is 0 Å². The monoisotopic (exact) mass is 253 g/mol. The van der Waals surface area contributed by atoms with Crippen molar-refractivity contribution in [1.82, 2.24) is 4.98 Å². The molecule has 0 saturated heterocycles. The Hall–Kier alpha value is -1.39. The lowest BCUT2D eigenvalue weighted by Crippen LogP contribution is -1.96. The Morgan fingerprint density at radius 2 is 2.38 bits per heavy atom. The quantitative estimate of drug-likeness (QED) is 0.786. The smallest absolute Gasteiger partial charge is 0.153 e. The van der Waals surface area contributed by atoms with Crippen LogP contribution in [0.15, 0.2) is 29.9 Å². The van der Waals surface area contributed by atoms with Crippen molar-refractivity contribution in [3.8, 4) is 5.75 Å². The summed E-state index contributed by atoms with van der Waals surface area (Å²) in [6, 6.07) is 4.96. The van der Waals surface area contributed by atoms with Crippen molar-refractivity contribution in [2.45, 2.75) is 6.61 Å². The first-order valence-corrected chi connectivity index (χ1v) is 5.80. The molecule has 1 heterocycles. The second kappa shape index (κ2) is 5.09. The van der Waals surface area contributed by atoms with E-state index in [1.807, 2.05) is 0 Å². The molecule has 0 aliphatic rings. The molecule has 3 nitrogen and oxygen atoms in total. The van der Waals surface area contributed by atoms with Crippen molar-refractivity contribution in [2.75, 3.05) is 0 Å². The molecule has 0 N–H and O–H groups in total. The number of aromatic nitrogens is 1. The maximum absolute atomic E-state index is 10.8. The van der Waals surface area contributed by atoms with E-state index < -0.39 is 0 Å². The van der Waals surface area contributed by atoms with E-state index in [1.54, 1.807) is 29.9 Å². The Bertz CT molecular complexity index is 485. The zero-order valence-corrected chi connectivity index (χ0v) is 9.79. The van der Waals surface area contributed by atoms with Crippen LogP contribution < -0.4 is 4.74 Å². The number of benzene rings is 1. The molecule has 16 heavy (non-hydrogen) atoms. The van der Waals surface area contributed by atoms with Crippen LogP contribution in [-0.4, -0.2) is 11.3 Å². The Morgan fingerprint density at radius 3 is 3.06 bits per heavy atom. The number of rotatable bonds is 4. The number of hydrogen-bond donors (Lipinski definition) is 0. The third kappa shape index (κ3) is 2.59. The van der Waals surface area contributed by atoms with Gasteiger partial charge in [-0.1, -0.05) is 11.6 Å². The largest absolute Gasteiger partial charge is 0.487 e. The molecule has 0 unspecified atom stereocenters. The van der Waals surface area contributed by atoms with Gasteiger partial charge in [0.25, 0.3) is 0 Å². The predicted molar refractivity (Wildman–Crippen MR) is 63.3 cm³/mol. The lowest BCUT2D eigenvalue weighted by atomic mass is 10.2. The number of carbonyl (C=O) groups is 1. The van der Waals surface area contributed by atoms with Gasteiger partial charge in [0.1, 0.15) is 12.4 Å². The van der Waals surface area contributed by atoms with Crippen LogP contribution in [0.1, 0.15) is 15.2 Å². The maximum atomic E-state index is 10.8. The summed E-state index contributed by atoms with van der Waals surface area (Å²) in [5.41, 5.74) is 2.19. The van der Waals surface area contributed by atoms with E-state index in [9.17, 15) is 4.79 Å². The van der Waals surface area contributed by atoms with Crippen LogP contribution >= 0.6 is 22.9 Å². The van der Waals surface area contributed by atoms with Gasteiger partial charge in [-0.3, -0.25) is 9.78 Å². The molecule has 2 rings (SSSR count). The average Bonchev–Trinajstić information content (AvgIpc) is 2.80. The van der Waals surface area contributed by atoms with Crippen LogP contribution in [0.5, 0.6) is 5.75 Å². The number of halogens is 1. The second-order valence-corrected chi connectivity index (χ2v) is 4.46. The Labute approximate surface area is 102 Å². The number of carbonyl (C=O) groups excluding carboxylic acids is 1. The van der Waals surface area contributed by atoms with E-state index >= 15 is 0 Å². The summed E-state index contributed by atoms with van der Waals surface area (Å²) in [7, 11) is 0. The minimum atomic E-state index is 0.410. The number of hydrogen-bond acceptors (Lipinski definition) is 4. The van der Waals surface area contributed by atoms with E-state index in [4.69, 9.17) is 16.3 Å². The molecule has 0 saturated carbocycles. The highest BCUT2D eigenvalue weighted by molar-refractivity contribution is 7.09. The summed E-state index contributed by atoms with van der Waals surface area (Å²) >= 11 is 7.28. The molecule has 1 aromatic carbocycles. The van der Waals surface area contributed by atoms with Crippen LogP contribution in [0.25, 0.3) is 0 Å². The molecule has 0 spiro atoms. The number of nitrogens with zero attached hydrogens (tertiary/aromatic N) is 1. The molecular formula is C11H8ClNO2S. The molecule has 0 aliphatic carbocycles. The molecule has 0 fully saturated rings. The third-order valence-corrected chi connectivity index (χ3v) is 2.94. The van der Waals surface area contributed by atoms with Crippen LogP contribution in [0.2, 0.25) is 5.02 Å². The molecule has 2 aromatic rings. The Kier molecular flexibility index (Phi) is 3.54. The summed E-state index contributed by atoms with van der Waals surface area (Å²) in [5, 5.41) is 0.521. The van der Waals surface area contributed by atoms with Gasteiger partial charge >= 0.3 is 0 Å². The fourth-order valence-electron chi connectivity index (χ4n) is 1.21. The highest BCUT2D eigenvalue weighted by Crippen LogP contribution is 2.22. The van der Waals surface area contributed by atoms with E-state index in [-0.39, 0.29) is 0 Å². The molecule has 0 amide bonds. The standard InChI is InChI=1S/C11H8ClNO2S/c12-9-1-2-11(8(3-9)5-14)15-6-10-4-13-7-16-10/h1-5,7H,6H2. The van der Waals surface area contributed by atoms with Gasteiger partial charge in [-0.25, -0.2) is 0 Å². The number of ether oxygens (including phenoxy) is 1. The summed E-state index contributed by atoms with van der Waals surface area (Å²) < 4.78 is 5.51. The van der Waals surface area contributed by atoms with Crippen LogP contribution in [0.3, 0.4) is 0 Å². The lowest BCUT2D eigenvalue weighted by Gasteiger charge is -2.06. The Morgan fingerprint density at radius 1 is 1.50 bits per heavy atom. The highest BCUT2D eigenvalue weighted by Gasteiger charge is 2.04. The SMILES string of the molecule is O=Cc1cc(Cl)ccc1OCc1cncs1. The minimum Gasteiger partial charge on any atom is -0.487 e. The van der Waals surface area contributed by atoms with E-state index in [1.165, 1.54) is 11.3 Å². The van der Waals surface area contributed by atoms with Crippen molar-refractivity contribution in [3.63, 3.8) is 0 Å². The Balaban J connectivity index is 2.12. The number of aldehydes is 1. The lowest BCUT2D eigenvalue weighted by molar-refractivity contribution is 0.111.